The molecule has 6 heteroatoms. The molecule has 30 heavy (non-hydrogen) atoms. The average molecular weight is 397 g/mol. The molecule has 0 aliphatic heterocycles. The normalized spacial score (nSPS) is 10.6. The van der Waals surface area contributed by atoms with E-state index in [1.807, 2.05) is 67.6 Å². The number of Topliss-reactive ketones (excluding diaryl/α,β-unsaturated/α-hetero) is 1. The summed E-state index contributed by atoms with van der Waals surface area (Å²) in [6, 6.07) is 25.9. The van der Waals surface area contributed by atoms with Crippen molar-refractivity contribution in [1.29, 1.82) is 0 Å². The molecular formula is C24H19N3O3. The first-order valence-electron chi connectivity index (χ1n) is 9.47. The third kappa shape index (κ3) is 4.17. The number of ether oxygens (including phenoxy) is 1. The van der Waals surface area contributed by atoms with Crippen LogP contribution in [-0.2, 0) is 4.74 Å². The van der Waals surface area contributed by atoms with Gasteiger partial charge in [-0.25, -0.2) is 14.5 Å². The largest absolute Gasteiger partial charge is 0.451 e. The SMILES string of the molecule is Cc1cccc(-n2nc(C(=O)OCC(=O)c3ccccc3)nc2-c2ccccc2)c1. The highest BCUT2D eigenvalue weighted by Crippen LogP contribution is 2.22. The number of rotatable bonds is 6. The van der Waals surface area contributed by atoms with Crippen LogP contribution in [0, 0.1) is 6.92 Å². The van der Waals surface area contributed by atoms with Gasteiger partial charge >= 0.3 is 5.97 Å². The summed E-state index contributed by atoms with van der Waals surface area (Å²) in [7, 11) is 0. The van der Waals surface area contributed by atoms with E-state index in [-0.39, 0.29) is 18.2 Å². The van der Waals surface area contributed by atoms with Gasteiger partial charge in [-0.2, -0.15) is 0 Å². The Morgan fingerprint density at radius 2 is 1.60 bits per heavy atom. The van der Waals surface area contributed by atoms with Crippen LogP contribution in [0.1, 0.15) is 26.5 Å². The summed E-state index contributed by atoms with van der Waals surface area (Å²) in [5, 5.41) is 4.37. The molecule has 0 fully saturated rings. The van der Waals surface area contributed by atoms with E-state index in [2.05, 4.69) is 10.1 Å². The molecule has 4 aromatic rings. The average Bonchev–Trinajstić information content (AvgIpc) is 3.24. The number of carbonyl (C=O) groups excluding carboxylic acids is 2. The zero-order chi connectivity index (χ0) is 20.9. The van der Waals surface area contributed by atoms with Gasteiger partial charge in [0.15, 0.2) is 18.2 Å². The van der Waals surface area contributed by atoms with Gasteiger partial charge in [0.2, 0.25) is 0 Å². The number of ketones is 1. The fraction of sp³-hybridized carbons (Fsp3) is 0.0833. The van der Waals surface area contributed by atoms with Crippen molar-refractivity contribution in [3.63, 3.8) is 0 Å². The Morgan fingerprint density at radius 1 is 0.900 bits per heavy atom. The molecule has 0 saturated carbocycles. The van der Waals surface area contributed by atoms with E-state index in [1.165, 1.54) is 0 Å². The van der Waals surface area contributed by atoms with Crippen molar-refractivity contribution in [3.8, 4) is 17.1 Å². The van der Waals surface area contributed by atoms with Gasteiger partial charge < -0.3 is 4.74 Å². The molecular weight excluding hydrogens is 378 g/mol. The van der Waals surface area contributed by atoms with Gasteiger partial charge in [-0.05, 0) is 24.6 Å². The predicted molar refractivity (Wildman–Crippen MR) is 113 cm³/mol. The quantitative estimate of drug-likeness (QED) is 0.359. The molecule has 4 rings (SSSR count). The van der Waals surface area contributed by atoms with Crippen LogP contribution in [0.2, 0.25) is 0 Å². The standard InChI is InChI=1S/C24H19N3O3/c1-17-9-8-14-20(15-17)27-23(19-12-6-3-7-13-19)25-22(26-27)24(29)30-16-21(28)18-10-4-2-5-11-18/h2-15H,16H2,1H3. The minimum Gasteiger partial charge on any atom is -0.451 e. The molecule has 0 bridgehead atoms. The molecule has 1 heterocycles. The summed E-state index contributed by atoms with van der Waals surface area (Å²) >= 11 is 0. The smallest absolute Gasteiger partial charge is 0.378 e. The number of benzene rings is 3. The van der Waals surface area contributed by atoms with Crippen molar-refractivity contribution in [3.05, 3.63) is 102 Å². The Bertz CT molecular complexity index is 1180. The second kappa shape index (κ2) is 8.53. The maximum atomic E-state index is 12.6. The molecule has 0 amide bonds. The molecule has 3 aromatic carbocycles. The minimum absolute atomic E-state index is 0.101. The monoisotopic (exact) mass is 397 g/mol. The molecule has 0 aliphatic carbocycles. The van der Waals surface area contributed by atoms with Crippen LogP contribution in [-0.4, -0.2) is 33.1 Å². The minimum atomic E-state index is -0.747. The molecule has 148 valence electrons. The van der Waals surface area contributed by atoms with E-state index in [0.717, 1.165) is 16.8 Å². The zero-order valence-corrected chi connectivity index (χ0v) is 16.4. The van der Waals surface area contributed by atoms with Crippen molar-refractivity contribution < 1.29 is 14.3 Å². The highest BCUT2D eigenvalue weighted by Gasteiger charge is 2.21. The second-order valence-electron chi connectivity index (χ2n) is 6.74. The number of esters is 1. The molecule has 0 unspecified atom stereocenters. The van der Waals surface area contributed by atoms with Gasteiger partial charge in [0, 0.05) is 11.1 Å². The van der Waals surface area contributed by atoms with Gasteiger partial charge in [-0.1, -0.05) is 72.8 Å². The van der Waals surface area contributed by atoms with E-state index in [0.29, 0.717) is 11.4 Å². The highest BCUT2D eigenvalue weighted by atomic mass is 16.5. The first kappa shape index (κ1) is 19.3. The Morgan fingerprint density at radius 3 is 2.30 bits per heavy atom. The molecule has 1 aromatic heterocycles. The lowest BCUT2D eigenvalue weighted by Gasteiger charge is -2.06. The fourth-order valence-corrected chi connectivity index (χ4v) is 3.02. The maximum Gasteiger partial charge on any atom is 0.378 e. The third-order valence-electron chi connectivity index (χ3n) is 4.50. The third-order valence-corrected chi connectivity index (χ3v) is 4.50. The van der Waals surface area contributed by atoms with E-state index in [9.17, 15) is 9.59 Å². The summed E-state index contributed by atoms with van der Waals surface area (Å²) in [6.45, 7) is 1.61. The maximum absolute atomic E-state index is 12.6. The lowest BCUT2D eigenvalue weighted by atomic mass is 10.1. The van der Waals surface area contributed by atoms with Crippen LogP contribution >= 0.6 is 0 Å². The summed E-state index contributed by atoms with van der Waals surface area (Å²) in [6.07, 6.45) is 0. The molecule has 0 saturated heterocycles. The topological polar surface area (TPSA) is 74.1 Å². The predicted octanol–water partition coefficient (Wildman–Crippen LogP) is 4.28. The van der Waals surface area contributed by atoms with Crippen LogP contribution in [0.4, 0.5) is 0 Å². The van der Waals surface area contributed by atoms with Gasteiger partial charge in [0.1, 0.15) is 0 Å². The van der Waals surface area contributed by atoms with Crippen LogP contribution in [0.3, 0.4) is 0 Å². The second-order valence-corrected chi connectivity index (χ2v) is 6.74. The zero-order valence-electron chi connectivity index (χ0n) is 16.4. The molecule has 0 radical (unpaired) electrons. The number of aryl methyl sites for hydroxylation is 1. The van der Waals surface area contributed by atoms with E-state index < -0.39 is 5.97 Å². The first-order valence-corrected chi connectivity index (χ1v) is 9.47. The van der Waals surface area contributed by atoms with Crippen LogP contribution < -0.4 is 0 Å². The lowest BCUT2D eigenvalue weighted by Crippen LogP contribution is -2.15. The summed E-state index contributed by atoms with van der Waals surface area (Å²) in [4.78, 5) is 29.2. The Hall–Kier alpha value is -4.06. The van der Waals surface area contributed by atoms with Crippen LogP contribution in [0.25, 0.3) is 17.1 Å². The van der Waals surface area contributed by atoms with Gasteiger partial charge in [-0.3, -0.25) is 4.79 Å². The molecule has 0 N–H and O–H groups in total. The van der Waals surface area contributed by atoms with Gasteiger partial charge in [0.05, 0.1) is 5.69 Å². The number of carbonyl (C=O) groups is 2. The number of nitrogens with zero attached hydrogens (tertiary/aromatic N) is 3. The van der Waals surface area contributed by atoms with Crippen molar-refractivity contribution in [1.82, 2.24) is 14.8 Å². The Kier molecular flexibility index (Phi) is 5.48. The van der Waals surface area contributed by atoms with E-state index in [1.54, 1.807) is 28.9 Å². The summed E-state index contributed by atoms with van der Waals surface area (Å²) in [5.74, 6) is -0.619. The Labute approximate surface area is 173 Å². The number of aromatic nitrogens is 3. The van der Waals surface area contributed by atoms with E-state index in [4.69, 9.17) is 4.74 Å². The van der Waals surface area contributed by atoms with Crippen molar-refractivity contribution in [2.75, 3.05) is 6.61 Å². The number of hydrogen-bond acceptors (Lipinski definition) is 5. The van der Waals surface area contributed by atoms with Crippen LogP contribution in [0.5, 0.6) is 0 Å². The van der Waals surface area contributed by atoms with Crippen molar-refractivity contribution >= 4 is 11.8 Å². The molecule has 0 aliphatic rings. The first-order chi connectivity index (χ1) is 14.6. The number of hydrogen-bond donors (Lipinski definition) is 0. The Balaban J connectivity index is 1.62. The fourth-order valence-electron chi connectivity index (χ4n) is 3.02. The van der Waals surface area contributed by atoms with Gasteiger partial charge in [0.25, 0.3) is 5.82 Å². The van der Waals surface area contributed by atoms with Crippen molar-refractivity contribution in [2.45, 2.75) is 6.92 Å². The van der Waals surface area contributed by atoms with E-state index >= 15 is 0 Å². The highest BCUT2D eigenvalue weighted by molar-refractivity contribution is 5.98. The van der Waals surface area contributed by atoms with Gasteiger partial charge in [-0.15, -0.1) is 5.10 Å². The molecule has 0 spiro atoms. The lowest BCUT2D eigenvalue weighted by molar-refractivity contribution is 0.0462. The molecule has 6 nitrogen and oxygen atoms in total. The van der Waals surface area contributed by atoms with Crippen LogP contribution in [0.15, 0.2) is 84.9 Å². The molecule has 0 atom stereocenters. The summed E-state index contributed by atoms with van der Waals surface area (Å²) in [5.41, 5.74) is 3.12. The summed E-state index contributed by atoms with van der Waals surface area (Å²) < 4.78 is 6.79. The van der Waals surface area contributed by atoms with Crippen molar-refractivity contribution in [2.24, 2.45) is 0 Å².